The van der Waals surface area contributed by atoms with Gasteiger partial charge in [0.05, 0.1) is 33.4 Å². The summed E-state index contributed by atoms with van der Waals surface area (Å²) in [7, 11) is 0. The molecule has 7 aromatic heterocycles. The summed E-state index contributed by atoms with van der Waals surface area (Å²) in [6, 6.07) is 37.5. The van der Waals surface area contributed by atoms with E-state index in [1.165, 1.54) is 0 Å². The highest BCUT2D eigenvalue weighted by molar-refractivity contribution is 6.12. The summed E-state index contributed by atoms with van der Waals surface area (Å²) < 4.78 is 11.1. The molecule has 45 heavy (non-hydrogen) atoms. The van der Waals surface area contributed by atoms with Crippen molar-refractivity contribution in [2.24, 2.45) is 0 Å². The fourth-order valence-electron chi connectivity index (χ4n) is 6.86. The molecule has 7 nitrogen and oxygen atoms in total. The molecule has 0 fully saturated rings. The summed E-state index contributed by atoms with van der Waals surface area (Å²) in [5, 5.41) is 2.11. The maximum absolute atomic E-state index is 6.63. The van der Waals surface area contributed by atoms with Crippen LogP contribution in [0.3, 0.4) is 0 Å². The first-order valence-corrected chi connectivity index (χ1v) is 14.8. The molecule has 0 saturated carbocycles. The van der Waals surface area contributed by atoms with Crippen molar-refractivity contribution in [2.75, 3.05) is 0 Å². The molecule has 10 aromatic rings. The third kappa shape index (κ3) is 3.34. The summed E-state index contributed by atoms with van der Waals surface area (Å²) in [4.78, 5) is 18.7. The van der Waals surface area contributed by atoms with Crippen LogP contribution in [0.15, 0.2) is 138 Å². The van der Waals surface area contributed by atoms with Crippen molar-refractivity contribution in [1.29, 1.82) is 0 Å². The van der Waals surface area contributed by atoms with E-state index < -0.39 is 0 Å². The van der Waals surface area contributed by atoms with Crippen LogP contribution in [0.5, 0.6) is 0 Å². The molecule has 0 spiro atoms. The normalized spacial score (nSPS) is 12.0. The maximum Gasteiger partial charge on any atom is 0.159 e. The zero-order valence-corrected chi connectivity index (χ0v) is 23.8. The molecule has 7 heteroatoms. The van der Waals surface area contributed by atoms with E-state index in [9.17, 15) is 0 Å². The monoisotopic (exact) mass is 578 g/mol. The van der Waals surface area contributed by atoms with Gasteiger partial charge in [-0.1, -0.05) is 36.4 Å². The van der Waals surface area contributed by atoms with Crippen LogP contribution < -0.4 is 0 Å². The van der Waals surface area contributed by atoms with Crippen LogP contribution in [0.4, 0.5) is 0 Å². The molecule has 7 heterocycles. The Morgan fingerprint density at radius 3 is 1.58 bits per heavy atom. The minimum absolute atomic E-state index is 0.823. The Morgan fingerprint density at radius 2 is 0.978 bits per heavy atom. The van der Waals surface area contributed by atoms with Gasteiger partial charge < -0.3 is 13.6 Å². The van der Waals surface area contributed by atoms with Crippen molar-refractivity contribution in [3.05, 3.63) is 134 Å². The van der Waals surface area contributed by atoms with Crippen LogP contribution in [0.25, 0.3) is 88.6 Å². The third-order valence-electron chi connectivity index (χ3n) is 8.73. The molecule has 0 aliphatic carbocycles. The summed E-state index contributed by atoms with van der Waals surface area (Å²) >= 11 is 0. The van der Waals surface area contributed by atoms with Crippen LogP contribution in [0.2, 0.25) is 0 Å². The van der Waals surface area contributed by atoms with E-state index in [1.807, 2.05) is 49.1 Å². The first-order valence-electron chi connectivity index (χ1n) is 14.8. The van der Waals surface area contributed by atoms with E-state index in [0.29, 0.717) is 0 Å². The van der Waals surface area contributed by atoms with Gasteiger partial charge in [-0.2, -0.15) is 0 Å². The number of hydrogen-bond acceptors (Lipinski definition) is 5. The molecule has 0 bridgehead atoms. The summed E-state index contributed by atoms with van der Waals surface area (Å²) in [5.74, 6) is 0. The minimum Gasteiger partial charge on any atom is -0.454 e. The molecular weight excluding hydrogens is 556 g/mol. The molecule has 0 saturated heterocycles. The molecule has 0 aliphatic heterocycles. The van der Waals surface area contributed by atoms with Crippen molar-refractivity contribution in [2.45, 2.75) is 0 Å². The average molecular weight is 579 g/mol. The van der Waals surface area contributed by atoms with Crippen molar-refractivity contribution >= 4 is 66.1 Å². The van der Waals surface area contributed by atoms with Crippen molar-refractivity contribution in [3.63, 3.8) is 0 Å². The Morgan fingerprint density at radius 1 is 0.444 bits per heavy atom. The summed E-state index contributed by atoms with van der Waals surface area (Å²) in [5.41, 5.74) is 13.4. The second kappa shape index (κ2) is 9.08. The van der Waals surface area contributed by atoms with Gasteiger partial charge in [-0.15, -0.1) is 0 Å². The fraction of sp³-hybridized carbons (Fsp3) is 0. The Bertz CT molecular complexity index is 2680. The molecule has 210 valence electrons. The van der Waals surface area contributed by atoms with E-state index in [1.54, 1.807) is 0 Å². The quantitative estimate of drug-likeness (QED) is 0.209. The Hall–Kier alpha value is -6.34. The van der Waals surface area contributed by atoms with E-state index in [2.05, 4.69) is 114 Å². The Kier molecular flexibility index (Phi) is 4.87. The predicted octanol–water partition coefficient (Wildman–Crippen LogP) is 9.03. The number of nitrogens with zero attached hydrogens (tertiary/aromatic N) is 6. The van der Waals surface area contributed by atoms with Crippen LogP contribution >= 0.6 is 0 Å². The lowest BCUT2D eigenvalue weighted by Gasteiger charge is -2.13. The Balaban J connectivity index is 1.21. The number of para-hydroxylation sites is 2. The number of rotatable bonds is 3. The highest BCUT2D eigenvalue weighted by Crippen LogP contribution is 2.40. The van der Waals surface area contributed by atoms with Crippen molar-refractivity contribution < 1.29 is 4.42 Å². The largest absolute Gasteiger partial charge is 0.454 e. The number of furan rings is 1. The van der Waals surface area contributed by atoms with Crippen LogP contribution in [0.1, 0.15) is 0 Å². The summed E-state index contributed by atoms with van der Waals surface area (Å²) in [6.45, 7) is 0. The van der Waals surface area contributed by atoms with Crippen LogP contribution in [-0.4, -0.2) is 29.1 Å². The number of benzene rings is 3. The van der Waals surface area contributed by atoms with Gasteiger partial charge in [0.1, 0.15) is 27.6 Å². The molecular formula is C38H22N6O. The Labute approximate surface area is 255 Å². The first kappa shape index (κ1) is 24.1. The maximum atomic E-state index is 6.63. The lowest BCUT2D eigenvalue weighted by Crippen LogP contribution is -1.97. The van der Waals surface area contributed by atoms with Gasteiger partial charge in [0.2, 0.25) is 0 Å². The minimum atomic E-state index is 0.823. The second-order valence-electron chi connectivity index (χ2n) is 11.1. The fourth-order valence-corrected chi connectivity index (χ4v) is 6.86. The van der Waals surface area contributed by atoms with E-state index in [0.717, 1.165) is 88.6 Å². The first-order chi connectivity index (χ1) is 22.3. The second-order valence-corrected chi connectivity index (χ2v) is 11.1. The molecule has 0 amide bonds. The SMILES string of the molecule is c1ccc(-n2c3cccnc3c3ncccc32)c(-c2ccc3oc4c(-n5c6cccnc6c6ncccc65)cccc4c3c2)c1. The lowest BCUT2D eigenvalue weighted by atomic mass is 10.0. The van der Waals surface area contributed by atoms with Gasteiger partial charge in [0.25, 0.3) is 0 Å². The molecule has 0 aliphatic rings. The zero-order chi connectivity index (χ0) is 29.5. The predicted molar refractivity (Wildman–Crippen MR) is 179 cm³/mol. The van der Waals surface area contributed by atoms with E-state index in [-0.39, 0.29) is 0 Å². The number of aromatic nitrogens is 6. The van der Waals surface area contributed by atoms with Gasteiger partial charge in [-0.05, 0) is 78.4 Å². The standard InChI is InChI=1S/C38H22N6O/c1-2-10-27(43-28-12-4-18-39-34(28)35-29(43)13-5-19-40-35)24(8-1)23-16-17-33-26(22-23)25-9-3-11-32(38(25)45-33)44-30-14-6-20-41-36(30)37-31(44)15-7-21-42-37/h1-22H. The van der Waals surface area contributed by atoms with Gasteiger partial charge >= 0.3 is 0 Å². The van der Waals surface area contributed by atoms with E-state index >= 15 is 0 Å². The van der Waals surface area contributed by atoms with Gasteiger partial charge in [-0.25, -0.2) is 0 Å². The summed E-state index contributed by atoms with van der Waals surface area (Å²) in [6.07, 6.45) is 7.28. The van der Waals surface area contributed by atoms with Gasteiger partial charge in [0, 0.05) is 41.1 Å². The van der Waals surface area contributed by atoms with Crippen molar-refractivity contribution in [1.82, 2.24) is 29.1 Å². The molecule has 10 rings (SSSR count). The van der Waals surface area contributed by atoms with E-state index in [4.69, 9.17) is 4.42 Å². The van der Waals surface area contributed by atoms with Crippen molar-refractivity contribution in [3.8, 4) is 22.5 Å². The average Bonchev–Trinajstić information content (AvgIpc) is 3.76. The zero-order valence-electron chi connectivity index (χ0n) is 23.8. The molecule has 0 N–H and O–H groups in total. The van der Waals surface area contributed by atoms with Crippen LogP contribution in [0, 0.1) is 0 Å². The third-order valence-corrected chi connectivity index (χ3v) is 8.73. The number of pyridine rings is 4. The smallest absolute Gasteiger partial charge is 0.159 e. The molecule has 0 unspecified atom stereocenters. The molecule has 3 aromatic carbocycles. The molecule has 0 radical (unpaired) electrons. The topological polar surface area (TPSA) is 74.6 Å². The number of fused-ring (bicyclic) bond motifs is 9. The highest BCUT2D eigenvalue weighted by Gasteiger charge is 2.20. The highest BCUT2D eigenvalue weighted by atomic mass is 16.3. The van der Waals surface area contributed by atoms with Gasteiger partial charge in [-0.3, -0.25) is 19.9 Å². The number of hydrogen-bond donors (Lipinski definition) is 0. The lowest BCUT2D eigenvalue weighted by molar-refractivity contribution is 0.666. The van der Waals surface area contributed by atoms with Gasteiger partial charge in [0.15, 0.2) is 5.58 Å². The molecule has 0 atom stereocenters. The van der Waals surface area contributed by atoms with Crippen LogP contribution in [-0.2, 0) is 0 Å².